The van der Waals surface area contributed by atoms with Gasteiger partial charge in [0, 0.05) is 16.5 Å². The minimum atomic E-state index is -1.80. The van der Waals surface area contributed by atoms with E-state index in [1.54, 1.807) is 24.3 Å². The van der Waals surface area contributed by atoms with E-state index >= 15 is 0 Å². The van der Waals surface area contributed by atoms with E-state index < -0.39 is 8.03 Å². The molecule has 0 heterocycles. The number of para-hydroxylation sites is 1. The molecule has 0 radical (unpaired) electrons. The largest absolute Gasteiger partial charge is 0.597 e. The first kappa shape index (κ1) is 12.9. The SMILES string of the molecule is O=[P+](Oc1ccccc1)c1ccccc1.[Ni]. The van der Waals surface area contributed by atoms with Crippen LogP contribution in [0.3, 0.4) is 0 Å². The second-order valence-electron chi connectivity index (χ2n) is 3.00. The fourth-order valence-electron chi connectivity index (χ4n) is 1.18. The predicted octanol–water partition coefficient (Wildman–Crippen LogP) is 3.13. The van der Waals surface area contributed by atoms with Crippen molar-refractivity contribution in [3.8, 4) is 5.75 Å². The van der Waals surface area contributed by atoms with Gasteiger partial charge in [-0.2, -0.15) is 0 Å². The van der Waals surface area contributed by atoms with Crippen molar-refractivity contribution in [1.29, 1.82) is 0 Å². The molecular weight excluding hydrogens is 266 g/mol. The average Bonchev–Trinajstić information content (AvgIpc) is 2.31. The van der Waals surface area contributed by atoms with E-state index in [4.69, 9.17) is 4.52 Å². The van der Waals surface area contributed by atoms with Gasteiger partial charge in [0.1, 0.15) is 0 Å². The first-order valence-corrected chi connectivity index (χ1v) is 5.79. The molecule has 1 atom stereocenters. The summed E-state index contributed by atoms with van der Waals surface area (Å²) in [6, 6.07) is 18.3. The van der Waals surface area contributed by atoms with Gasteiger partial charge < -0.3 is 0 Å². The van der Waals surface area contributed by atoms with Gasteiger partial charge in [0.25, 0.3) is 0 Å². The van der Waals surface area contributed by atoms with Gasteiger partial charge in [0.15, 0.2) is 5.75 Å². The first-order chi connectivity index (χ1) is 7.36. The van der Waals surface area contributed by atoms with Crippen LogP contribution in [0.5, 0.6) is 5.75 Å². The molecule has 2 nitrogen and oxygen atoms in total. The summed E-state index contributed by atoms with van der Waals surface area (Å²) in [6.07, 6.45) is 0. The van der Waals surface area contributed by atoms with Crippen molar-refractivity contribution < 1.29 is 25.6 Å². The summed E-state index contributed by atoms with van der Waals surface area (Å²) in [5, 5.41) is 0.705. The van der Waals surface area contributed by atoms with Crippen molar-refractivity contribution in [1.82, 2.24) is 0 Å². The molecule has 0 saturated carbocycles. The molecule has 0 aliphatic heterocycles. The van der Waals surface area contributed by atoms with Crippen molar-refractivity contribution in [3.05, 3.63) is 60.7 Å². The Morgan fingerprint density at radius 1 is 0.812 bits per heavy atom. The molecule has 0 N–H and O–H groups in total. The van der Waals surface area contributed by atoms with Crippen molar-refractivity contribution in [2.24, 2.45) is 0 Å². The fraction of sp³-hybridized carbons (Fsp3) is 0. The molecule has 2 aromatic carbocycles. The normalized spacial score (nSPS) is 10.1. The summed E-state index contributed by atoms with van der Waals surface area (Å²) in [5.74, 6) is 0.627. The Morgan fingerprint density at radius 3 is 1.88 bits per heavy atom. The summed E-state index contributed by atoms with van der Waals surface area (Å²) >= 11 is 0. The van der Waals surface area contributed by atoms with Crippen LogP contribution >= 0.6 is 8.03 Å². The molecule has 0 spiro atoms. The molecule has 4 heteroatoms. The molecule has 0 amide bonds. The molecule has 0 aliphatic rings. The standard InChI is InChI=1S/C12H10O2P.Ni/c13-15(12-9-5-2-6-10-12)14-11-7-3-1-4-8-11;/h1-10H;/q+1;. The molecule has 84 valence electrons. The minimum absolute atomic E-state index is 0. The number of benzene rings is 2. The van der Waals surface area contributed by atoms with E-state index in [0.29, 0.717) is 11.1 Å². The second-order valence-corrected chi connectivity index (χ2v) is 4.21. The third kappa shape index (κ3) is 3.45. The van der Waals surface area contributed by atoms with Crippen LogP contribution < -0.4 is 9.83 Å². The van der Waals surface area contributed by atoms with E-state index in [0.717, 1.165) is 0 Å². The molecule has 2 rings (SSSR count). The number of hydrogen-bond acceptors (Lipinski definition) is 2. The van der Waals surface area contributed by atoms with Crippen LogP contribution in [0.2, 0.25) is 0 Å². The predicted molar refractivity (Wildman–Crippen MR) is 60.8 cm³/mol. The maximum atomic E-state index is 11.7. The third-order valence-electron chi connectivity index (χ3n) is 1.90. The zero-order valence-corrected chi connectivity index (χ0v) is 10.2. The molecule has 2 aromatic rings. The van der Waals surface area contributed by atoms with Gasteiger partial charge in [0.05, 0.1) is 0 Å². The van der Waals surface area contributed by atoms with Crippen LogP contribution in [0, 0.1) is 0 Å². The van der Waals surface area contributed by atoms with Crippen LogP contribution in [0.15, 0.2) is 60.7 Å². The van der Waals surface area contributed by atoms with Crippen molar-refractivity contribution in [2.75, 3.05) is 0 Å². The Morgan fingerprint density at radius 2 is 1.31 bits per heavy atom. The van der Waals surface area contributed by atoms with Gasteiger partial charge in [-0.1, -0.05) is 36.4 Å². The number of hydrogen-bond donors (Lipinski definition) is 0. The number of rotatable bonds is 3. The summed E-state index contributed by atoms with van der Waals surface area (Å²) in [4.78, 5) is 0. The second kappa shape index (κ2) is 6.42. The van der Waals surface area contributed by atoms with Gasteiger partial charge in [-0.3, -0.25) is 4.52 Å². The fourth-order valence-corrected chi connectivity index (χ4v) is 2.01. The maximum Gasteiger partial charge on any atom is 0.597 e. The molecule has 0 bridgehead atoms. The molecular formula is C12H10NiO2P+. The van der Waals surface area contributed by atoms with Gasteiger partial charge in [0.2, 0.25) is 5.30 Å². The van der Waals surface area contributed by atoms with Crippen molar-refractivity contribution >= 4 is 13.3 Å². The van der Waals surface area contributed by atoms with E-state index in [2.05, 4.69) is 0 Å². The maximum absolute atomic E-state index is 11.7. The Hall–Kier alpha value is -1.17. The Kier molecular flexibility index (Phi) is 5.18. The molecule has 0 aliphatic carbocycles. The van der Waals surface area contributed by atoms with Gasteiger partial charge in [-0.15, -0.1) is 0 Å². The zero-order chi connectivity index (χ0) is 10.5. The Labute approximate surface area is 105 Å². The topological polar surface area (TPSA) is 26.3 Å². The van der Waals surface area contributed by atoms with Crippen LogP contribution in [-0.4, -0.2) is 0 Å². The molecule has 0 fully saturated rings. The van der Waals surface area contributed by atoms with Crippen LogP contribution in [0.25, 0.3) is 0 Å². The summed E-state index contributed by atoms with van der Waals surface area (Å²) in [6.45, 7) is 0. The summed E-state index contributed by atoms with van der Waals surface area (Å²) in [7, 11) is -1.80. The summed E-state index contributed by atoms with van der Waals surface area (Å²) in [5.41, 5.74) is 0. The molecule has 16 heavy (non-hydrogen) atoms. The zero-order valence-electron chi connectivity index (χ0n) is 8.35. The first-order valence-electron chi connectivity index (χ1n) is 4.61. The smallest absolute Gasteiger partial charge is 0.250 e. The molecule has 1 unspecified atom stereocenters. The quantitative estimate of drug-likeness (QED) is 0.635. The van der Waals surface area contributed by atoms with Gasteiger partial charge in [-0.05, 0) is 28.8 Å². The van der Waals surface area contributed by atoms with Gasteiger partial charge >= 0.3 is 8.03 Å². The molecule has 0 saturated heterocycles. The van der Waals surface area contributed by atoms with E-state index in [1.807, 2.05) is 36.4 Å². The Balaban J connectivity index is 0.00000128. The van der Waals surface area contributed by atoms with Crippen LogP contribution in [0.1, 0.15) is 0 Å². The monoisotopic (exact) mass is 275 g/mol. The summed E-state index contributed by atoms with van der Waals surface area (Å²) < 4.78 is 17.0. The van der Waals surface area contributed by atoms with E-state index in [9.17, 15) is 4.57 Å². The average molecular weight is 276 g/mol. The van der Waals surface area contributed by atoms with Crippen LogP contribution in [-0.2, 0) is 21.1 Å². The van der Waals surface area contributed by atoms with Crippen LogP contribution in [0.4, 0.5) is 0 Å². The third-order valence-corrected chi connectivity index (χ3v) is 2.99. The van der Waals surface area contributed by atoms with E-state index in [1.165, 1.54) is 0 Å². The molecule has 0 aromatic heterocycles. The van der Waals surface area contributed by atoms with E-state index in [-0.39, 0.29) is 16.5 Å². The van der Waals surface area contributed by atoms with Crippen molar-refractivity contribution in [3.63, 3.8) is 0 Å². The van der Waals surface area contributed by atoms with Crippen molar-refractivity contribution in [2.45, 2.75) is 0 Å². The minimum Gasteiger partial charge on any atom is -0.250 e. The van der Waals surface area contributed by atoms with Gasteiger partial charge in [-0.25, -0.2) is 0 Å². The Bertz CT molecular complexity index is 445.